The number of hydrogen-bond acceptors (Lipinski definition) is 5. The van der Waals surface area contributed by atoms with Crippen molar-refractivity contribution in [3.8, 4) is 0 Å². The SMILES string of the molecule is CN(C)CCn1ccc(NC(=O)N2CCN(CC(O)c3ccccc3)CC2)n1. The van der Waals surface area contributed by atoms with Gasteiger partial charge < -0.3 is 14.9 Å². The minimum Gasteiger partial charge on any atom is -0.387 e. The van der Waals surface area contributed by atoms with Gasteiger partial charge in [0.1, 0.15) is 0 Å². The fourth-order valence-corrected chi connectivity index (χ4v) is 3.20. The predicted octanol–water partition coefficient (Wildman–Crippen LogP) is 1.33. The fraction of sp³-hybridized carbons (Fsp3) is 0.500. The number of urea groups is 1. The van der Waals surface area contributed by atoms with Gasteiger partial charge in [-0.1, -0.05) is 30.3 Å². The van der Waals surface area contributed by atoms with E-state index in [0.29, 0.717) is 25.5 Å². The van der Waals surface area contributed by atoms with Crippen molar-refractivity contribution in [1.82, 2.24) is 24.5 Å². The number of β-amino-alcohol motifs (C(OH)–C–C–N with tert-alkyl or cyclic N) is 1. The highest BCUT2D eigenvalue weighted by molar-refractivity contribution is 5.88. The van der Waals surface area contributed by atoms with Gasteiger partial charge in [0.2, 0.25) is 0 Å². The standard InChI is InChI=1S/C20H30N6O2/c1-23(2)10-15-26-9-8-19(22-26)21-20(28)25-13-11-24(12-14-25)16-18(27)17-6-4-3-5-7-17/h3-9,18,27H,10-16H2,1-2H3,(H,21,22,28). The second-order valence-corrected chi connectivity index (χ2v) is 7.41. The number of aliphatic hydroxyl groups excluding tert-OH is 1. The van der Waals surface area contributed by atoms with Crippen molar-refractivity contribution in [3.05, 3.63) is 48.2 Å². The van der Waals surface area contributed by atoms with E-state index >= 15 is 0 Å². The minimum absolute atomic E-state index is 0.124. The number of anilines is 1. The van der Waals surface area contributed by atoms with Crippen LogP contribution in [-0.2, 0) is 6.54 Å². The van der Waals surface area contributed by atoms with Gasteiger partial charge >= 0.3 is 6.03 Å². The Hall–Kier alpha value is -2.42. The van der Waals surface area contributed by atoms with E-state index in [-0.39, 0.29) is 6.03 Å². The first-order valence-corrected chi connectivity index (χ1v) is 9.71. The molecule has 152 valence electrons. The summed E-state index contributed by atoms with van der Waals surface area (Å²) in [5, 5.41) is 17.6. The zero-order chi connectivity index (χ0) is 19.9. The van der Waals surface area contributed by atoms with E-state index < -0.39 is 6.10 Å². The molecular formula is C20H30N6O2. The summed E-state index contributed by atoms with van der Waals surface area (Å²) in [6.45, 7) is 5.01. The number of aliphatic hydroxyl groups is 1. The second-order valence-electron chi connectivity index (χ2n) is 7.41. The Morgan fingerprint density at radius 3 is 2.57 bits per heavy atom. The van der Waals surface area contributed by atoms with Gasteiger partial charge in [-0.05, 0) is 19.7 Å². The molecular weight excluding hydrogens is 356 g/mol. The summed E-state index contributed by atoms with van der Waals surface area (Å²) in [7, 11) is 4.04. The Morgan fingerprint density at radius 2 is 1.89 bits per heavy atom. The van der Waals surface area contributed by atoms with Crippen LogP contribution in [0.1, 0.15) is 11.7 Å². The number of nitrogens with zero attached hydrogens (tertiary/aromatic N) is 5. The maximum absolute atomic E-state index is 12.5. The average molecular weight is 387 g/mol. The summed E-state index contributed by atoms with van der Waals surface area (Å²) >= 11 is 0. The molecule has 8 heteroatoms. The average Bonchev–Trinajstić information content (AvgIpc) is 3.15. The first kappa shape index (κ1) is 20.3. The van der Waals surface area contributed by atoms with Crippen molar-refractivity contribution in [2.24, 2.45) is 0 Å². The molecule has 0 spiro atoms. The number of rotatable bonds is 7. The van der Waals surface area contributed by atoms with Crippen LogP contribution in [-0.4, -0.2) is 89.0 Å². The largest absolute Gasteiger partial charge is 0.387 e. The van der Waals surface area contributed by atoms with Crippen LogP contribution in [0.2, 0.25) is 0 Å². The van der Waals surface area contributed by atoms with Crippen molar-refractivity contribution in [3.63, 3.8) is 0 Å². The number of amides is 2. The summed E-state index contributed by atoms with van der Waals surface area (Å²) in [5.74, 6) is 0.575. The number of carbonyl (C=O) groups is 1. The quantitative estimate of drug-likeness (QED) is 0.751. The summed E-state index contributed by atoms with van der Waals surface area (Å²) in [6.07, 6.45) is 1.37. The molecule has 28 heavy (non-hydrogen) atoms. The van der Waals surface area contributed by atoms with Crippen molar-refractivity contribution in [2.45, 2.75) is 12.6 Å². The highest BCUT2D eigenvalue weighted by atomic mass is 16.3. The van der Waals surface area contributed by atoms with Crippen LogP contribution >= 0.6 is 0 Å². The topological polar surface area (TPSA) is 76.9 Å². The fourth-order valence-electron chi connectivity index (χ4n) is 3.20. The maximum Gasteiger partial charge on any atom is 0.323 e. The van der Waals surface area contributed by atoms with Gasteiger partial charge in [-0.2, -0.15) is 5.10 Å². The predicted molar refractivity (Wildman–Crippen MR) is 109 cm³/mol. The lowest BCUT2D eigenvalue weighted by molar-refractivity contribution is 0.0831. The number of hydrogen-bond donors (Lipinski definition) is 2. The highest BCUT2D eigenvalue weighted by Crippen LogP contribution is 2.15. The molecule has 1 aromatic carbocycles. The van der Waals surface area contributed by atoms with E-state index in [1.54, 1.807) is 4.90 Å². The van der Waals surface area contributed by atoms with E-state index in [4.69, 9.17) is 0 Å². The summed E-state index contributed by atoms with van der Waals surface area (Å²) in [4.78, 5) is 18.6. The van der Waals surface area contributed by atoms with Crippen LogP contribution in [0.3, 0.4) is 0 Å². The summed E-state index contributed by atoms with van der Waals surface area (Å²) in [6, 6.07) is 11.4. The molecule has 1 aliphatic heterocycles. The molecule has 0 bridgehead atoms. The van der Waals surface area contributed by atoms with Crippen LogP contribution in [0.4, 0.5) is 10.6 Å². The Bertz CT molecular complexity index is 740. The van der Waals surface area contributed by atoms with E-state index in [0.717, 1.165) is 31.7 Å². The number of benzene rings is 1. The Labute approximate surface area is 166 Å². The first-order chi connectivity index (χ1) is 13.5. The molecule has 1 aromatic heterocycles. The number of aromatic nitrogens is 2. The maximum atomic E-state index is 12.5. The smallest absolute Gasteiger partial charge is 0.323 e. The zero-order valence-corrected chi connectivity index (χ0v) is 16.7. The second kappa shape index (κ2) is 9.68. The van der Waals surface area contributed by atoms with Gasteiger partial charge in [-0.3, -0.25) is 14.9 Å². The molecule has 1 aliphatic rings. The van der Waals surface area contributed by atoms with Crippen molar-refractivity contribution >= 4 is 11.8 Å². The van der Waals surface area contributed by atoms with Crippen LogP contribution in [0.15, 0.2) is 42.6 Å². The van der Waals surface area contributed by atoms with E-state index in [2.05, 4.69) is 20.2 Å². The van der Waals surface area contributed by atoms with Crippen molar-refractivity contribution < 1.29 is 9.90 Å². The molecule has 1 atom stereocenters. The molecule has 1 fully saturated rings. The number of carbonyl (C=O) groups excluding carboxylic acids is 1. The first-order valence-electron chi connectivity index (χ1n) is 9.71. The molecule has 1 saturated heterocycles. The lowest BCUT2D eigenvalue weighted by Crippen LogP contribution is -2.50. The number of piperazine rings is 1. The van der Waals surface area contributed by atoms with Crippen LogP contribution in [0, 0.1) is 0 Å². The minimum atomic E-state index is -0.507. The third-order valence-corrected chi connectivity index (χ3v) is 4.93. The molecule has 0 aliphatic carbocycles. The molecule has 0 radical (unpaired) electrons. The molecule has 2 amide bonds. The molecule has 0 saturated carbocycles. The summed E-state index contributed by atoms with van der Waals surface area (Å²) in [5.41, 5.74) is 0.924. The monoisotopic (exact) mass is 386 g/mol. The lowest BCUT2D eigenvalue weighted by Gasteiger charge is -2.35. The molecule has 2 heterocycles. The van der Waals surface area contributed by atoms with Gasteiger partial charge in [0, 0.05) is 51.5 Å². The van der Waals surface area contributed by atoms with Gasteiger partial charge in [-0.25, -0.2) is 4.79 Å². The van der Waals surface area contributed by atoms with Crippen LogP contribution < -0.4 is 5.32 Å². The number of likely N-dealkylation sites (N-methyl/N-ethyl adjacent to an activating group) is 1. The molecule has 3 rings (SSSR count). The van der Waals surface area contributed by atoms with E-state index in [1.807, 2.05) is 61.4 Å². The normalized spacial score (nSPS) is 16.4. The van der Waals surface area contributed by atoms with Crippen LogP contribution in [0.25, 0.3) is 0 Å². The van der Waals surface area contributed by atoms with E-state index in [9.17, 15) is 9.90 Å². The molecule has 2 aromatic rings. The van der Waals surface area contributed by atoms with Gasteiger partial charge in [0.05, 0.1) is 12.6 Å². The van der Waals surface area contributed by atoms with Crippen molar-refractivity contribution in [2.75, 3.05) is 58.7 Å². The van der Waals surface area contributed by atoms with E-state index in [1.165, 1.54) is 0 Å². The molecule has 2 N–H and O–H groups in total. The van der Waals surface area contributed by atoms with Crippen molar-refractivity contribution in [1.29, 1.82) is 0 Å². The third kappa shape index (κ3) is 5.79. The summed E-state index contributed by atoms with van der Waals surface area (Å²) < 4.78 is 1.83. The Balaban J connectivity index is 1.42. The molecule has 8 nitrogen and oxygen atoms in total. The zero-order valence-electron chi connectivity index (χ0n) is 16.7. The van der Waals surface area contributed by atoms with Crippen LogP contribution in [0.5, 0.6) is 0 Å². The Morgan fingerprint density at radius 1 is 1.18 bits per heavy atom. The van der Waals surface area contributed by atoms with Gasteiger partial charge in [0.15, 0.2) is 5.82 Å². The lowest BCUT2D eigenvalue weighted by atomic mass is 10.1. The third-order valence-electron chi connectivity index (χ3n) is 4.93. The highest BCUT2D eigenvalue weighted by Gasteiger charge is 2.23. The van der Waals surface area contributed by atoms with Gasteiger partial charge in [-0.15, -0.1) is 0 Å². The molecule has 1 unspecified atom stereocenters. The number of nitrogens with one attached hydrogen (secondary N) is 1. The van der Waals surface area contributed by atoms with Gasteiger partial charge in [0.25, 0.3) is 0 Å². The Kier molecular flexibility index (Phi) is 7.02.